The molecule has 2 aromatic carbocycles. The molecule has 0 aliphatic heterocycles. The van der Waals surface area contributed by atoms with Crippen LogP contribution < -0.4 is 78.6 Å². The molecule has 2 heterocycles. The van der Waals surface area contributed by atoms with Gasteiger partial charge in [0.2, 0.25) is 10.3 Å². The Kier molecular flexibility index (Phi) is 23.4. The van der Waals surface area contributed by atoms with Gasteiger partial charge in [-0.1, -0.05) is 10.2 Å². The minimum Gasteiger partial charge on any atom is -1.00 e. The normalized spacial score (nSPS) is 9.82. The summed E-state index contributed by atoms with van der Waals surface area (Å²) >= 11 is 3.01. The molecule has 0 unspecified atom stereocenters. The molecule has 4 aromatic rings. The number of azo groups is 2. The van der Waals surface area contributed by atoms with Crippen molar-refractivity contribution >= 4 is 65.9 Å². The Morgan fingerprint density at radius 3 is 1.00 bits per heavy atom. The quantitative estimate of drug-likeness (QED) is 0.100. The zero-order valence-electron chi connectivity index (χ0n) is 27.0. The Bertz CT molecular complexity index is 1340. The first-order valence-electron chi connectivity index (χ1n) is 12.4. The van der Waals surface area contributed by atoms with Crippen LogP contribution in [0.5, 0.6) is 0 Å². The van der Waals surface area contributed by atoms with Gasteiger partial charge in [-0.25, -0.2) is 0 Å². The van der Waals surface area contributed by atoms with Crippen LogP contribution in [0.1, 0.15) is 0 Å². The van der Waals surface area contributed by atoms with Gasteiger partial charge in [0.1, 0.15) is 25.5 Å². The average molecular weight is 790 g/mol. The number of aryl methyl sites for hydroxylation is 2. The van der Waals surface area contributed by atoms with Gasteiger partial charge in [-0.15, -0.1) is 9.36 Å². The fourth-order valence-corrected chi connectivity index (χ4v) is 4.57. The fraction of sp³-hybridized carbons (Fsp3) is 0.385. The number of hydrogen-bond acceptors (Lipinski definition) is 12. The molecule has 0 radical (unpaired) electrons. The summed E-state index contributed by atoms with van der Waals surface area (Å²) < 4.78 is 3.47. The first kappa shape index (κ1) is 47.2. The van der Waals surface area contributed by atoms with Crippen LogP contribution in [0.3, 0.4) is 0 Å². The number of benzene rings is 2. The summed E-state index contributed by atoms with van der Waals surface area (Å²) in [6, 6.07) is 15.9. The summed E-state index contributed by atoms with van der Waals surface area (Å²) in [6.07, 6.45) is 0. The van der Waals surface area contributed by atoms with Crippen molar-refractivity contribution in [3.05, 3.63) is 48.5 Å². The predicted molar refractivity (Wildman–Crippen MR) is 165 cm³/mol. The molecule has 244 valence electrons. The van der Waals surface area contributed by atoms with Gasteiger partial charge in [0.15, 0.2) is 0 Å². The SMILES string of the molecule is CN(C)c1ccc(N=Nc2sc(N(C)C)n[n+]2C)cc1.CN(C)c1ccc(N=Nc2sc(N(C)C)n[n+]2C)cc1.[Cl-].[Cl-].[Cl-].[Cl-].[Zn+2]. The Balaban J connectivity index is -0.000000706. The molecular weight excluding hydrogens is 752 g/mol. The third-order valence-electron chi connectivity index (χ3n) is 5.39. The Morgan fingerprint density at radius 2 is 0.778 bits per heavy atom. The molecule has 0 fully saturated rings. The number of hydrogen-bond donors (Lipinski definition) is 0. The molecule has 0 aliphatic rings. The molecule has 0 aliphatic carbocycles. The summed E-state index contributed by atoms with van der Waals surface area (Å²) in [6.45, 7) is 0. The van der Waals surface area contributed by atoms with E-state index in [4.69, 9.17) is 0 Å². The molecule has 0 amide bonds. The van der Waals surface area contributed by atoms with E-state index in [0.717, 1.165) is 43.3 Å². The van der Waals surface area contributed by atoms with Crippen molar-refractivity contribution in [2.75, 3.05) is 76.0 Å². The summed E-state index contributed by atoms with van der Waals surface area (Å²) in [5.41, 5.74) is 3.94. The van der Waals surface area contributed by atoms with Crippen LogP contribution in [0.2, 0.25) is 0 Å². The van der Waals surface area contributed by atoms with Crippen LogP contribution >= 0.6 is 22.7 Å². The first-order valence-corrected chi connectivity index (χ1v) is 14.0. The van der Waals surface area contributed by atoms with Gasteiger partial charge in [0, 0.05) is 67.8 Å². The third kappa shape index (κ3) is 14.4. The zero-order chi connectivity index (χ0) is 29.4. The molecule has 4 rings (SSSR count). The van der Waals surface area contributed by atoms with Crippen LogP contribution in [0.4, 0.5) is 43.3 Å². The summed E-state index contributed by atoms with van der Waals surface area (Å²) in [4.78, 5) is 8.01. The second kappa shape index (κ2) is 22.3. The number of anilines is 4. The zero-order valence-corrected chi connectivity index (χ0v) is 34.6. The standard InChI is InChI=1S/2C13H19N6S.4ClH.Zn/c2*1-17(2)11-8-6-10(7-9-11)14-15-12-19(5)16-13(20-12)18(3)4;;;;;/h2*6-9H,1-5H3;4*1H;/q2*+1;;;;;+2/p-4. The summed E-state index contributed by atoms with van der Waals surface area (Å²) in [7, 11) is 19.6. The topological polar surface area (TPSA) is 95.9 Å². The van der Waals surface area contributed by atoms with Crippen LogP contribution in [0.15, 0.2) is 69.0 Å². The van der Waals surface area contributed by atoms with E-state index in [-0.39, 0.29) is 69.1 Å². The largest absolute Gasteiger partial charge is 2.00 e. The van der Waals surface area contributed by atoms with Gasteiger partial charge in [0.05, 0.1) is 10.2 Å². The van der Waals surface area contributed by atoms with Gasteiger partial charge < -0.3 is 69.2 Å². The van der Waals surface area contributed by atoms with E-state index < -0.39 is 0 Å². The number of nitrogens with zero attached hydrogens (tertiary/aromatic N) is 12. The van der Waals surface area contributed by atoms with Crippen LogP contribution in [0, 0.1) is 0 Å². The van der Waals surface area contributed by atoms with Crippen molar-refractivity contribution < 1.29 is 78.5 Å². The Hall–Kier alpha value is -2.26. The molecule has 0 saturated carbocycles. The van der Waals surface area contributed by atoms with Crippen LogP contribution in [0.25, 0.3) is 0 Å². The molecule has 0 atom stereocenters. The maximum Gasteiger partial charge on any atom is 2.00 e. The maximum atomic E-state index is 4.36. The molecule has 19 heteroatoms. The molecule has 0 N–H and O–H groups in total. The van der Waals surface area contributed by atoms with Gasteiger partial charge in [0.25, 0.3) is 0 Å². The molecule has 0 spiro atoms. The molecule has 12 nitrogen and oxygen atoms in total. The van der Waals surface area contributed by atoms with Crippen LogP contribution in [-0.4, -0.2) is 66.6 Å². The Labute approximate surface area is 311 Å². The van der Waals surface area contributed by atoms with Gasteiger partial charge in [-0.3, -0.25) is 0 Å². The van der Waals surface area contributed by atoms with Crippen molar-refractivity contribution in [1.82, 2.24) is 10.2 Å². The molecule has 0 saturated heterocycles. The van der Waals surface area contributed by atoms with Gasteiger partial charge >= 0.3 is 29.7 Å². The molecule has 45 heavy (non-hydrogen) atoms. The second-order valence-corrected chi connectivity index (χ2v) is 11.5. The van der Waals surface area contributed by atoms with E-state index in [2.05, 4.69) is 30.7 Å². The summed E-state index contributed by atoms with van der Waals surface area (Å²) in [5, 5.41) is 29.1. The Morgan fingerprint density at radius 1 is 0.489 bits per heavy atom. The van der Waals surface area contributed by atoms with Gasteiger partial charge in [-0.2, -0.15) is 0 Å². The fourth-order valence-electron chi connectivity index (χ4n) is 3.05. The van der Waals surface area contributed by atoms with Crippen LogP contribution in [-0.2, 0) is 33.6 Å². The number of rotatable bonds is 8. The minimum absolute atomic E-state index is 0. The monoisotopic (exact) mass is 786 g/mol. The van der Waals surface area contributed by atoms with Crippen molar-refractivity contribution in [2.45, 2.75) is 0 Å². The number of halogens is 4. The van der Waals surface area contributed by atoms with Crippen molar-refractivity contribution in [2.24, 2.45) is 34.6 Å². The van der Waals surface area contributed by atoms with E-state index in [0.29, 0.717) is 0 Å². The van der Waals surface area contributed by atoms with E-state index in [1.165, 1.54) is 22.7 Å². The smallest absolute Gasteiger partial charge is 1.00 e. The van der Waals surface area contributed by atoms with Gasteiger partial charge in [-0.05, 0) is 81.4 Å². The average Bonchev–Trinajstić information content (AvgIpc) is 3.49. The van der Waals surface area contributed by atoms with E-state index >= 15 is 0 Å². The maximum absolute atomic E-state index is 4.36. The predicted octanol–water partition coefficient (Wildman–Crippen LogP) is -6.96. The van der Waals surface area contributed by atoms with E-state index in [1.807, 2.05) is 139 Å². The molecule has 0 bridgehead atoms. The molecular formula is C26H38Cl4N12S2Zn. The molecule has 2 aromatic heterocycles. The van der Waals surface area contributed by atoms with Crippen molar-refractivity contribution in [1.29, 1.82) is 0 Å². The van der Waals surface area contributed by atoms with E-state index in [1.54, 1.807) is 9.36 Å². The van der Waals surface area contributed by atoms with Crippen molar-refractivity contribution in [3.63, 3.8) is 0 Å². The first-order chi connectivity index (χ1) is 18.9. The van der Waals surface area contributed by atoms with E-state index in [9.17, 15) is 0 Å². The third-order valence-corrected chi connectivity index (χ3v) is 7.70. The van der Waals surface area contributed by atoms with Crippen molar-refractivity contribution in [3.8, 4) is 0 Å². The summed E-state index contributed by atoms with van der Waals surface area (Å²) in [5.74, 6) is 0. The second-order valence-electron chi connectivity index (χ2n) is 9.59. The number of aromatic nitrogens is 4. The minimum atomic E-state index is 0.